The third-order valence-electron chi connectivity index (χ3n) is 3.29. The first-order chi connectivity index (χ1) is 11.5. The number of aromatic nitrogens is 2. The van der Waals surface area contributed by atoms with Crippen molar-refractivity contribution in [2.24, 2.45) is 0 Å². The van der Waals surface area contributed by atoms with Crippen LogP contribution in [0.2, 0.25) is 5.02 Å². The second-order valence-electron chi connectivity index (χ2n) is 5.05. The van der Waals surface area contributed by atoms with E-state index in [9.17, 15) is 9.50 Å². The minimum atomic E-state index is -1.82. The topological polar surface area (TPSA) is 74.4 Å². The summed E-state index contributed by atoms with van der Waals surface area (Å²) in [4.78, 5) is 3.98. The van der Waals surface area contributed by atoms with Crippen LogP contribution in [0, 0.1) is 0 Å². The number of halogens is 3. The molecule has 0 bridgehead atoms. The van der Waals surface area contributed by atoms with Gasteiger partial charge in [0.15, 0.2) is 6.17 Å². The van der Waals surface area contributed by atoms with Crippen LogP contribution in [-0.2, 0) is 6.54 Å². The Labute approximate surface area is 147 Å². The number of nitrogens with one attached hydrogen (secondary N) is 1. The van der Waals surface area contributed by atoms with Gasteiger partial charge in [-0.3, -0.25) is 5.01 Å². The minimum absolute atomic E-state index is 0.180. The SMILES string of the molecule is OC(c1ccc(Cl)cc1)[C@H](F)c1noc(CN2C=C(Cl)C=CN2)n1. The monoisotopic (exact) mass is 370 g/mol. The second-order valence-corrected chi connectivity index (χ2v) is 5.92. The summed E-state index contributed by atoms with van der Waals surface area (Å²) in [5.74, 6) is -0.0467. The molecule has 1 aromatic carbocycles. The van der Waals surface area contributed by atoms with Crippen molar-refractivity contribution < 1.29 is 14.0 Å². The number of nitrogens with zero attached hydrogens (tertiary/aromatic N) is 3. The maximum absolute atomic E-state index is 14.4. The van der Waals surface area contributed by atoms with Crippen molar-refractivity contribution in [1.29, 1.82) is 0 Å². The van der Waals surface area contributed by atoms with Gasteiger partial charge in [0, 0.05) is 17.4 Å². The van der Waals surface area contributed by atoms with Gasteiger partial charge in [-0.05, 0) is 23.8 Å². The van der Waals surface area contributed by atoms with Crippen LogP contribution in [0.5, 0.6) is 0 Å². The Morgan fingerprint density at radius 3 is 2.75 bits per heavy atom. The first-order valence-electron chi connectivity index (χ1n) is 6.99. The van der Waals surface area contributed by atoms with Gasteiger partial charge in [-0.15, -0.1) is 0 Å². The van der Waals surface area contributed by atoms with E-state index >= 15 is 0 Å². The minimum Gasteiger partial charge on any atom is -0.385 e. The maximum atomic E-state index is 14.4. The van der Waals surface area contributed by atoms with Crippen molar-refractivity contribution in [3.05, 3.63) is 70.1 Å². The standard InChI is InChI=1S/C15H13Cl2FN4O2/c16-10-3-1-9(2-4-10)14(23)13(18)15-20-12(24-21-15)8-22-7-11(17)5-6-19-22/h1-7,13-14,19,23H,8H2/t13-,14?/m0/s1. The van der Waals surface area contributed by atoms with Crippen molar-refractivity contribution in [2.45, 2.75) is 18.8 Å². The molecule has 2 atom stereocenters. The molecule has 0 spiro atoms. The fourth-order valence-electron chi connectivity index (χ4n) is 2.09. The number of aliphatic hydroxyl groups is 1. The molecule has 1 aliphatic rings. The van der Waals surface area contributed by atoms with Gasteiger partial charge in [-0.25, -0.2) is 4.39 Å². The number of hydrogen-bond donors (Lipinski definition) is 2. The van der Waals surface area contributed by atoms with Gasteiger partial charge in [-0.1, -0.05) is 40.5 Å². The largest absolute Gasteiger partial charge is 0.385 e. The van der Waals surface area contributed by atoms with E-state index in [2.05, 4.69) is 15.6 Å². The van der Waals surface area contributed by atoms with Crippen LogP contribution >= 0.6 is 23.2 Å². The Kier molecular flexibility index (Phi) is 5.03. The van der Waals surface area contributed by atoms with Crippen LogP contribution in [0.3, 0.4) is 0 Å². The second kappa shape index (κ2) is 7.21. The highest BCUT2D eigenvalue weighted by atomic mass is 35.5. The predicted octanol–water partition coefficient (Wildman–Crippen LogP) is 3.38. The molecule has 0 radical (unpaired) electrons. The van der Waals surface area contributed by atoms with Gasteiger partial charge >= 0.3 is 0 Å². The average molecular weight is 371 g/mol. The lowest BCUT2D eigenvalue weighted by atomic mass is 10.1. The van der Waals surface area contributed by atoms with Gasteiger partial charge in [0.2, 0.25) is 11.7 Å². The van der Waals surface area contributed by atoms with E-state index in [0.717, 1.165) is 0 Å². The fourth-order valence-corrected chi connectivity index (χ4v) is 2.40. The molecule has 0 saturated heterocycles. The van der Waals surface area contributed by atoms with E-state index in [1.54, 1.807) is 35.6 Å². The number of hydrazine groups is 1. The highest BCUT2D eigenvalue weighted by Crippen LogP contribution is 2.31. The molecule has 2 N–H and O–H groups in total. The Hall–Kier alpha value is -2.09. The number of hydrogen-bond acceptors (Lipinski definition) is 6. The van der Waals surface area contributed by atoms with Crippen molar-refractivity contribution >= 4 is 23.2 Å². The Morgan fingerprint density at radius 2 is 2.04 bits per heavy atom. The lowest BCUT2D eigenvalue weighted by molar-refractivity contribution is 0.0708. The van der Waals surface area contributed by atoms with Crippen molar-refractivity contribution in [3.63, 3.8) is 0 Å². The molecule has 1 unspecified atom stereocenters. The van der Waals surface area contributed by atoms with Crippen molar-refractivity contribution in [3.8, 4) is 0 Å². The molecule has 2 heterocycles. The highest BCUT2D eigenvalue weighted by Gasteiger charge is 2.27. The fraction of sp³-hybridized carbons (Fsp3) is 0.200. The summed E-state index contributed by atoms with van der Waals surface area (Å²) in [6, 6.07) is 6.22. The Morgan fingerprint density at radius 1 is 1.29 bits per heavy atom. The first kappa shape index (κ1) is 16.8. The summed E-state index contributed by atoms with van der Waals surface area (Å²) < 4.78 is 19.4. The van der Waals surface area contributed by atoms with E-state index in [1.165, 1.54) is 12.1 Å². The summed E-state index contributed by atoms with van der Waals surface area (Å²) in [5, 5.41) is 16.3. The molecular formula is C15H13Cl2FN4O2. The summed E-state index contributed by atoms with van der Waals surface area (Å²) in [5.41, 5.74) is 3.27. The zero-order valence-corrected chi connectivity index (χ0v) is 13.7. The Bertz CT molecular complexity index is 763. The highest BCUT2D eigenvalue weighted by molar-refractivity contribution is 6.31. The van der Waals surface area contributed by atoms with Crippen LogP contribution in [-0.4, -0.2) is 20.3 Å². The molecule has 2 aromatic rings. The summed E-state index contributed by atoms with van der Waals surface area (Å²) in [6.07, 6.45) is 1.70. The summed E-state index contributed by atoms with van der Waals surface area (Å²) in [7, 11) is 0. The predicted molar refractivity (Wildman–Crippen MR) is 86.3 cm³/mol. The van der Waals surface area contributed by atoms with Crippen molar-refractivity contribution in [1.82, 2.24) is 20.6 Å². The zero-order chi connectivity index (χ0) is 17.1. The van der Waals surface area contributed by atoms with Gasteiger partial charge in [0.25, 0.3) is 0 Å². The number of allylic oxidation sites excluding steroid dienone is 2. The van der Waals surface area contributed by atoms with Crippen LogP contribution in [0.25, 0.3) is 0 Å². The zero-order valence-electron chi connectivity index (χ0n) is 12.2. The molecule has 1 aromatic heterocycles. The third kappa shape index (κ3) is 3.87. The van der Waals surface area contributed by atoms with Crippen molar-refractivity contribution in [2.75, 3.05) is 0 Å². The molecule has 24 heavy (non-hydrogen) atoms. The van der Waals surface area contributed by atoms with Gasteiger partial charge in [0.05, 0.1) is 5.03 Å². The average Bonchev–Trinajstić information content (AvgIpc) is 3.02. The molecule has 6 nitrogen and oxygen atoms in total. The van der Waals surface area contributed by atoms with Gasteiger partial charge < -0.3 is 15.1 Å². The Balaban J connectivity index is 1.68. The van der Waals surface area contributed by atoms with E-state index < -0.39 is 12.3 Å². The molecule has 1 aliphatic heterocycles. The van der Waals surface area contributed by atoms with Crippen LogP contribution < -0.4 is 5.43 Å². The molecule has 0 saturated carbocycles. The molecule has 0 amide bonds. The first-order valence-corrected chi connectivity index (χ1v) is 7.75. The number of benzene rings is 1. The van der Waals surface area contributed by atoms with E-state index in [0.29, 0.717) is 15.6 Å². The van der Waals surface area contributed by atoms with Gasteiger partial charge in [-0.2, -0.15) is 4.98 Å². The molecule has 9 heteroatoms. The van der Waals surface area contributed by atoms with Crippen LogP contribution in [0.1, 0.15) is 29.6 Å². The quantitative estimate of drug-likeness (QED) is 0.840. The van der Waals surface area contributed by atoms with Crippen LogP contribution in [0.4, 0.5) is 4.39 Å². The van der Waals surface area contributed by atoms with Gasteiger partial charge in [0.1, 0.15) is 12.6 Å². The number of rotatable bonds is 5. The summed E-state index contributed by atoms with van der Waals surface area (Å²) in [6.45, 7) is 0.192. The van der Waals surface area contributed by atoms with E-state index in [1.807, 2.05) is 0 Å². The molecular weight excluding hydrogens is 358 g/mol. The smallest absolute Gasteiger partial charge is 0.248 e. The number of aliphatic hydroxyl groups excluding tert-OH is 1. The lowest BCUT2D eigenvalue weighted by Gasteiger charge is -2.20. The van der Waals surface area contributed by atoms with E-state index in [4.69, 9.17) is 27.7 Å². The molecule has 0 fully saturated rings. The molecule has 0 aliphatic carbocycles. The normalized spacial score (nSPS) is 16.5. The maximum Gasteiger partial charge on any atom is 0.248 e. The molecule has 126 valence electrons. The third-order valence-corrected chi connectivity index (χ3v) is 3.76. The molecule has 3 rings (SSSR count). The van der Waals surface area contributed by atoms with E-state index in [-0.39, 0.29) is 18.3 Å². The summed E-state index contributed by atoms with van der Waals surface area (Å²) >= 11 is 11.7. The van der Waals surface area contributed by atoms with Crippen LogP contribution in [0.15, 0.2) is 52.3 Å². The number of alkyl halides is 1. The lowest BCUT2D eigenvalue weighted by Crippen LogP contribution is -2.30.